The predicted octanol–water partition coefficient (Wildman–Crippen LogP) is 1.13. The van der Waals surface area contributed by atoms with Gasteiger partial charge in [-0.2, -0.15) is 10.4 Å². The van der Waals surface area contributed by atoms with Crippen LogP contribution in [0.2, 0.25) is 0 Å². The molecule has 122 valence electrons. The van der Waals surface area contributed by atoms with Crippen LogP contribution >= 0.6 is 15.9 Å². The summed E-state index contributed by atoms with van der Waals surface area (Å²) in [6.07, 6.45) is 1.55. The first kappa shape index (κ1) is 17.4. The second kappa shape index (κ2) is 9.25. The number of hydrogen-bond acceptors (Lipinski definition) is 6. The molecule has 0 saturated carbocycles. The monoisotopic (exact) mass is 380 g/mol. The zero-order valence-electron chi connectivity index (χ0n) is 12.5. The van der Waals surface area contributed by atoms with Gasteiger partial charge in [-0.3, -0.25) is 9.69 Å². The van der Waals surface area contributed by atoms with Crippen LogP contribution in [0.4, 0.5) is 0 Å². The Labute approximate surface area is 143 Å². The maximum atomic E-state index is 11.8. The number of ether oxygens (including phenoxy) is 2. The summed E-state index contributed by atoms with van der Waals surface area (Å²) >= 11 is 3.36. The van der Waals surface area contributed by atoms with Gasteiger partial charge < -0.3 is 9.47 Å². The SMILES string of the molecule is N#CCOc1ccc(/C=N/NC(=O)CN2CCOCC2)cc1Br. The normalized spacial score (nSPS) is 15.3. The highest BCUT2D eigenvalue weighted by Crippen LogP contribution is 2.25. The van der Waals surface area contributed by atoms with Crippen molar-refractivity contribution in [3.05, 3.63) is 28.2 Å². The Kier molecular flexibility index (Phi) is 7.00. The van der Waals surface area contributed by atoms with Crippen molar-refractivity contribution < 1.29 is 14.3 Å². The van der Waals surface area contributed by atoms with E-state index in [1.54, 1.807) is 24.4 Å². The molecule has 1 N–H and O–H groups in total. The van der Waals surface area contributed by atoms with E-state index < -0.39 is 0 Å². The van der Waals surface area contributed by atoms with Crippen LogP contribution in [0, 0.1) is 11.3 Å². The summed E-state index contributed by atoms with van der Waals surface area (Å²) < 4.78 is 11.2. The summed E-state index contributed by atoms with van der Waals surface area (Å²) in [4.78, 5) is 13.8. The second-order valence-electron chi connectivity index (χ2n) is 4.82. The van der Waals surface area contributed by atoms with Crippen molar-refractivity contribution in [2.24, 2.45) is 5.10 Å². The summed E-state index contributed by atoms with van der Waals surface area (Å²) in [5.74, 6) is 0.427. The molecule has 1 aromatic rings. The summed E-state index contributed by atoms with van der Waals surface area (Å²) in [7, 11) is 0. The molecule has 0 bridgehead atoms. The molecule has 1 amide bonds. The van der Waals surface area contributed by atoms with E-state index in [-0.39, 0.29) is 12.5 Å². The lowest BCUT2D eigenvalue weighted by Crippen LogP contribution is -2.42. The van der Waals surface area contributed by atoms with E-state index in [2.05, 4.69) is 26.5 Å². The van der Waals surface area contributed by atoms with Crippen molar-refractivity contribution in [3.63, 3.8) is 0 Å². The van der Waals surface area contributed by atoms with Crippen molar-refractivity contribution in [3.8, 4) is 11.8 Å². The summed E-state index contributed by atoms with van der Waals surface area (Å²) in [5.41, 5.74) is 3.30. The number of nitrogens with zero attached hydrogens (tertiary/aromatic N) is 3. The number of hydrogen-bond donors (Lipinski definition) is 1. The van der Waals surface area contributed by atoms with Crippen molar-refractivity contribution in [2.75, 3.05) is 39.5 Å². The fraction of sp³-hybridized carbons (Fsp3) is 0.400. The third-order valence-corrected chi connectivity index (χ3v) is 3.74. The molecule has 7 nitrogen and oxygen atoms in total. The zero-order chi connectivity index (χ0) is 16.5. The predicted molar refractivity (Wildman–Crippen MR) is 88.2 cm³/mol. The molecule has 0 radical (unpaired) electrons. The average Bonchev–Trinajstić information content (AvgIpc) is 2.55. The van der Waals surface area contributed by atoms with E-state index in [0.717, 1.165) is 23.1 Å². The van der Waals surface area contributed by atoms with E-state index >= 15 is 0 Å². The van der Waals surface area contributed by atoms with Gasteiger partial charge in [0.15, 0.2) is 6.61 Å². The highest BCUT2D eigenvalue weighted by molar-refractivity contribution is 9.10. The number of nitriles is 1. The molecule has 0 aliphatic carbocycles. The number of carbonyl (C=O) groups excluding carboxylic acids is 1. The fourth-order valence-electron chi connectivity index (χ4n) is 2.00. The van der Waals surface area contributed by atoms with E-state index in [0.29, 0.717) is 25.5 Å². The number of hydrazone groups is 1. The Hall–Kier alpha value is -1.95. The number of nitrogens with one attached hydrogen (secondary N) is 1. The molecule has 1 heterocycles. The van der Waals surface area contributed by atoms with Crippen molar-refractivity contribution >= 4 is 28.1 Å². The lowest BCUT2D eigenvalue weighted by atomic mass is 10.2. The van der Waals surface area contributed by atoms with Crippen LogP contribution in [0.15, 0.2) is 27.8 Å². The smallest absolute Gasteiger partial charge is 0.254 e. The molecule has 1 aromatic carbocycles. The molecule has 1 saturated heterocycles. The summed E-state index contributed by atoms with van der Waals surface area (Å²) in [6, 6.07) is 7.23. The molecule has 23 heavy (non-hydrogen) atoms. The maximum absolute atomic E-state index is 11.8. The van der Waals surface area contributed by atoms with Gasteiger partial charge in [-0.05, 0) is 39.7 Å². The largest absolute Gasteiger partial charge is 0.478 e. The zero-order valence-corrected chi connectivity index (χ0v) is 14.1. The first-order valence-electron chi connectivity index (χ1n) is 7.10. The van der Waals surface area contributed by atoms with Gasteiger partial charge in [0.25, 0.3) is 5.91 Å². The van der Waals surface area contributed by atoms with Crippen LogP contribution < -0.4 is 10.2 Å². The topological polar surface area (TPSA) is 86.9 Å². The maximum Gasteiger partial charge on any atom is 0.254 e. The molecule has 0 atom stereocenters. The molecular formula is C15H17BrN4O3. The van der Waals surface area contributed by atoms with Crippen LogP contribution in [0.25, 0.3) is 0 Å². The summed E-state index contributed by atoms with van der Waals surface area (Å²) in [6.45, 7) is 3.13. The van der Waals surface area contributed by atoms with Gasteiger partial charge in [-0.25, -0.2) is 5.43 Å². The Morgan fingerprint density at radius 2 is 2.30 bits per heavy atom. The average molecular weight is 381 g/mol. The minimum absolute atomic E-state index is 0.0103. The second-order valence-corrected chi connectivity index (χ2v) is 5.67. The van der Waals surface area contributed by atoms with Gasteiger partial charge in [-0.15, -0.1) is 0 Å². The Bertz CT molecular complexity index is 609. The number of morpholine rings is 1. The Balaban J connectivity index is 1.81. The van der Waals surface area contributed by atoms with Gasteiger partial charge >= 0.3 is 0 Å². The third kappa shape index (κ3) is 5.98. The quantitative estimate of drug-likeness (QED) is 0.590. The third-order valence-electron chi connectivity index (χ3n) is 3.12. The molecule has 1 aliphatic rings. The number of carbonyl (C=O) groups is 1. The van der Waals surface area contributed by atoms with E-state index in [1.165, 1.54) is 0 Å². The van der Waals surface area contributed by atoms with Gasteiger partial charge in [0.05, 0.1) is 30.4 Å². The lowest BCUT2D eigenvalue weighted by Gasteiger charge is -2.25. The van der Waals surface area contributed by atoms with E-state index in [1.807, 2.05) is 11.0 Å². The van der Waals surface area contributed by atoms with Crippen molar-refractivity contribution in [1.29, 1.82) is 5.26 Å². The molecule has 1 fully saturated rings. The van der Waals surface area contributed by atoms with Crippen molar-refractivity contribution in [2.45, 2.75) is 0 Å². The highest BCUT2D eigenvalue weighted by atomic mass is 79.9. The molecule has 0 spiro atoms. The number of benzene rings is 1. The number of amides is 1. The Morgan fingerprint density at radius 3 is 3.00 bits per heavy atom. The Morgan fingerprint density at radius 1 is 1.52 bits per heavy atom. The standard InChI is InChI=1S/C15H17BrN4O3/c16-13-9-12(1-2-14(13)23-6-3-17)10-18-19-15(21)11-20-4-7-22-8-5-20/h1-2,9-10H,4-8,11H2,(H,19,21)/b18-10+. The van der Waals surface area contributed by atoms with Gasteiger partial charge in [0.2, 0.25) is 0 Å². The minimum atomic E-state index is -0.156. The molecule has 8 heteroatoms. The number of halogens is 1. The van der Waals surface area contributed by atoms with E-state index in [4.69, 9.17) is 14.7 Å². The molecule has 0 unspecified atom stereocenters. The first-order valence-corrected chi connectivity index (χ1v) is 7.89. The highest BCUT2D eigenvalue weighted by Gasteiger charge is 2.13. The first-order chi connectivity index (χ1) is 11.2. The van der Waals surface area contributed by atoms with Crippen LogP contribution in [-0.2, 0) is 9.53 Å². The van der Waals surface area contributed by atoms with Crippen LogP contribution in [-0.4, -0.2) is 56.5 Å². The lowest BCUT2D eigenvalue weighted by molar-refractivity contribution is -0.123. The van der Waals surface area contributed by atoms with E-state index in [9.17, 15) is 4.79 Å². The fourth-order valence-corrected chi connectivity index (χ4v) is 2.51. The van der Waals surface area contributed by atoms with Gasteiger partial charge in [0, 0.05) is 13.1 Å². The molecule has 2 rings (SSSR count). The number of rotatable bonds is 6. The van der Waals surface area contributed by atoms with Crippen LogP contribution in [0.5, 0.6) is 5.75 Å². The minimum Gasteiger partial charge on any atom is -0.478 e. The molecule has 0 aromatic heterocycles. The summed E-state index contributed by atoms with van der Waals surface area (Å²) in [5, 5.41) is 12.4. The van der Waals surface area contributed by atoms with Crippen molar-refractivity contribution in [1.82, 2.24) is 10.3 Å². The molecule has 1 aliphatic heterocycles. The van der Waals surface area contributed by atoms with Gasteiger partial charge in [-0.1, -0.05) is 0 Å². The van der Waals surface area contributed by atoms with Gasteiger partial charge in [0.1, 0.15) is 11.8 Å². The van der Waals surface area contributed by atoms with Crippen LogP contribution in [0.1, 0.15) is 5.56 Å². The molecular weight excluding hydrogens is 364 g/mol. The van der Waals surface area contributed by atoms with Crippen LogP contribution in [0.3, 0.4) is 0 Å².